The molecule has 2 heterocycles. The summed E-state index contributed by atoms with van der Waals surface area (Å²) in [6, 6.07) is 6.14. The summed E-state index contributed by atoms with van der Waals surface area (Å²) in [4.78, 5) is 23.9. The van der Waals surface area contributed by atoms with Crippen molar-refractivity contribution in [2.75, 3.05) is 11.9 Å². The largest absolute Gasteiger partial charge is 0.346 e. The third-order valence-electron chi connectivity index (χ3n) is 4.14. The van der Waals surface area contributed by atoms with E-state index in [2.05, 4.69) is 20.8 Å². The molecular formula is C17H12FN7O4S. The number of carbonyl (C=O) groups excluding carboxylic acids is 2. The summed E-state index contributed by atoms with van der Waals surface area (Å²) in [5.41, 5.74) is -0.644. The van der Waals surface area contributed by atoms with Crippen LogP contribution in [0.2, 0.25) is 0 Å². The molecule has 1 aromatic heterocycles. The minimum Gasteiger partial charge on any atom is -0.346 e. The number of sulfonamides is 1. The summed E-state index contributed by atoms with van der Waals surface area (Å²) in [6.07, 6.45) is 0. The number of aromatic nitrogens is 2. The SMILES string of the molecule is C[C@@H](NC(=O)CN1C(=O)Nc2ccc(F)c(C#N)c2S1(=O)=O)c1ccc(C#N)nn1. The quantitative estimate of drug-likeness (QED) is 0.718. The van der Waals surface area contributed by atoms with E-state index in [0.717, 1.165) is 12.1 Å². The van der Waals surface area contributed by atoms with E-state index >= 15 is 0 Å². The van der Waals surface area contributed by atoms with Crippen LogP contribution in [0.1, 0.15) is 29.9 Å². The van der Waals surface area contributed by atoms with Gasteiger partial charge in [-0.3, -0.25) is 4.79 Å². The van der Waals surface area contributed by atoms with Crippen LogP contribution in [0.4, 0.5) is 14.9 Å². The van der Waals surface area contributed by atoms with E-state index in [-0.39, 0.29) is 15.7 Å². The first-order valence-corrected chi connectivity index (χ1v) is 9.72. The minimum absolute atomic E-state index is 0.0764. The maximum atomic E-state index is 13.9. The molecule has 0 saturated heterocycles. The Balaban J connectivity index is 1.83. The highest BCUT2D eigenvalue weighted by atomic mass is 32.2. The molecule has 3 rings (SSSR count). The fourth-order valence-electron chi connectivity index (χ4n) is 2.71. The maximum absolute atomic E-state index is 13.9. The van der Waals surface area contributed by atoms with E-state index < -0.39 is 50.8 Å². The van der Waals surface area contributed by atoms with Gasteiger partial charge in [0.25, 0.3) is 10.0 Å². The zero-order valence-corrected chi connectivity index (χ0v) is 16.1. The first kappa shape index (κ1) is 20.6. The number of anilines is 1. The van der Waals surface area contributed by atoms with Gasteiger partial charge in [0, 0.05) is 0 Å². The smallest absolute Gasteiger partial charge is 0.336 e. The van der Waals surface area contributed by atoms with Crippen molar-refractivity contribution in [2.24, 2.45) is 0 Å². The molecule has 0 unspecified atom stereocenters. The van der Waals surface area contributed by atoms with Gasteiger partial charge >= 0.3 is 6.03 Å². The van der Waals surface area contributed by atoms with Crippen molar-refractivity contribution in [2.45, 2.75) is 17.9 Å². The molecule has 0 saturated carbocycles. The number of urea groups is 1. The van der Waals surface area contributed by atoms with Gasteiger partial charge in [0.2, 0.25) is 5.91 Å². The molecule has 2 N–H and O–H groups in total. The van der Waals surface area contributed by atoms with Crippen molar-refractivity contribution < 1.29 is 22.4 Å². The molecule has 0 radical (unpaired) electrons. The number of hydrogen-bond acceptors (Lipinski definition) is 8. The van der Waals surface area contributed by atoms with Crippen LogP contribution in [0, 0.1) is 28.5 Å². The predicted octanol–water partition coefficient (Wildman–Crippen LogP) is 0.773. The van der Waals surface area contributed by atoms with Crippen molar-refractivity contribution in [3.05, 3.63) is 47.0 Å². The van der Waals surface area contributed by atoms with Gasteiger partial charge in [0.05, 0.1) is 17.4 Å². The Labute approximate surface area is 169 Å². The van der Waals surface area contributed by atoms with Gasteiger partial charge in [-0.1, -0.05) is 0 Å². The standard InChI is InChI=1S/C17H12FN7O4S/c1-9(13-4-2-10(6-19)23-24-13)21-15(26)8-25-17(27)22-14-5-3-12(18)11(7-20)16(14)30(25,28)29/h2-5,9H,8H2,1H3,(H,21,26)(H,22,27)/t9-/m1/s1. The summed E-state index contributed by atoms with van der Waals surface area (Å²) < 4.78 is 39.7. The average Bonchev–Trinajstić information content (AvgIpc) is 2.71. The summed E-state index contributed by atoms with van der Waals surface area (Å²) in [7, 11) is -4.67. The number of amides is 3. The number of nitrogens with one attached hydrogen (secondary N) is 2. The fourth-order valence-corrected chi connectivity index (χ4v) is 4.28. The second kappa shape index (κ2) is 7.73. The van der Waals surface area contributed by atoms with Crippen LogP contribution in [-0.4, -0.2) is 41.4 Å². The van der Waals surface area contributed by atoms with Crippen molar-refractivity contribution in [1.82, 2.24) is 19.8 Å². The van der Waals surface area contributed by atoms with Crippen LogP contribution in [0.25, 0.3) is 0 Å². The van der Waals surface area contributed by atoms with Crippen LogP contribution >= 0.6 is 0 Å². The molecule has 13 heteroatoms. The molecule has 0 fully saturated rings. The zero-order chi connectivity index (χ0) is 22.1. The summed E-state index contributed by atoms with van der Waals surface area (Å²) in [5, 5.41) is 29.9. The van der Waals surface area contributed by atoms with Gasteiger partial charge in [-0.05, 0) is 31.2 Å². The Morgan fingerprint density at radius 1 is 1.27 bits per heavy atom. The molecule has 0 aliphatic carbocycles. The third kappa shape index (κ3) is 3.61. The van der Waals surface area contributed by atoms with Crippen LogP contribution in [0.5, 0.6) is 0 Å². The molecular weight excluding hydrogens is 417 g/mol. The minimum atomic E-state index is -4.67. The van der Waals surface area contributed by atoms with Gasteiger partial charge < -0.3 is 10.6 Å². The van der Waals surface area contributed by atoms with Crippen molar-refractivity contribution in [3.63, 3.8) is 0 Å². The van der Waals surface area contributed by atoms with Crippen LogP contribution < -0.4 is 10.6 Å². The van der Waals surface area contributed by atoms with E-state index in [4.69, 9.17) is 10.5 Å². The van der Waals surface area contributed by atoms with E-state index in [1.54, 1.807) is 6.07 Å². The van der Waals surface area contributed by atoms with E-state index in [1.165, 1.54) is 25.1 Å². The molecule has 2 aromatic rings. The van der Waals surface area contributed by atoms with E-state index in [1.807, 2.05) is 0 Å². The Kier molecular flexibility index (Phi) is 5.31. The maximum Gasteiger partial charge on any atom is 0.336 e. The van der Waals surface area contributed by atoms with Crippen molar-refractivity contribution in [1.29, 1.82) is 10.5 Å². The molecule has 11 nitrogen and oxygen atoms in total. The van der Waals surface area contributed by atoms with Gasteiger partial charge in [-0.2, -0.15) is 15.6 Å². The molecule has 30 heavy (non-hydrogen) atoms. The number of benzene rings is 1. The average molecular weight is 429 g/mol. The van der Waals surface area contributed by atoms with Crippen molar-refractivity contribution >= 4 is 27.6 Å². The number of carbonyl (C=O) groups is 2. The van der Waals surface area contributed by atoms with Crippen LogP contribution in [0.3, 0.4) is 0 Å². The highest BCUT2D eigenvalue weighted by Crippen LogP contribution is 2.33. The molecule has 3 amide bonds. The number of rotatable bonds is 4. The highest BCUT2D eigenvalue weighted by Gasteiger charge is 2.40. The van der Waals surface area contributed by atoms with Gasteiger partial charge in [0.1, 0.15) is 35.0 Å². The number of halogens is 1. The first-order valence-electron chi connectivity index (χ1n) is 8.28. The topological polar surface area (TPSA) is 169 Å². The Hall–Kier alpha value is -4.10. The zero-order valence-electron chi connectivity index (χ0n) is 15.2. The molecule has 0 bridgehead atoms. The lowest BCUT2D eigenvalue weighted by Crippen LogP contribution is -2.49. The lowest BCUT2D eigenvalue weighted by atomic mass is 10.2. The summed E-state index contributed by atoms with van der Waals surface area (Å²) in [5.74, 6) is -1.93. The van der Waals surface area contributed by atoms with E-state index in [0.29, 0.717) is 5.69 Å². The molecule has 1 aliphatic heterocycles. The van der Waals surface area contributed by atoms with Gasteiger partial charge in [-0.15, -0.1) is 5.10 Å². The van der Waals surface area contributed by atoms with Gasteiger partial charge in [-0.25, -0.2) is 21.9 Å². The molecule has 0 spiro atoms. The van der Waals surface area contributed by atoms with Gasteiger partial charge in [0.15, 0.2) is 5.69 Å². The Morgan fingerprint density at radius 3 is 2.60 bits per heavy atom. The molecule has 1 atom stereocenters. The first-order chi connectivity index (χ1) is 14.2. The second-order valence-corrected chi connectivity index (χ2v) is 7.90. The Morgan fingerprint density at radius 2 is 2.00 bits per heavy atom. The van der Waals surface area contributed by atoms with Crippen LogP contribution in [-0.2, 0) is 14.8 Å². The van der Waals surface area contributed by atoms with E-state index in [9.17, 15) is 22.4 Å². The van der Waals surface area contributed by atoms with Crippen LogP contribution in [0.15, 0.2) is 29.2 Å². The monoisotopic (exact) mass is 429 g/mol. The number of hydrogen-bond donors (Lipinski definition) is 2. The predicted molar refractivity (Wildman–Crippen MR) is 97.3 cm³/mol. The highest BCUT2D eigenvalue weighted by molar-refractivity contribution is 7.90. The Bertz CT molecular complexity index is 1230. The molecule has 152 valence electrons. The number of fused-ring (bicyclic) bond motifs is 1. The number of nitrogens with zero attached hydrogens (tertiary/aromatic N) is 5. The molecule has 1 aromatic carbocycles. The summed E-state index contributed by atoms with van der Waals surface area (Å²) >= 11 is 0. The molecule has 1 aliphatic rings. The number of nitriles is 2. The lowest BCUT2D eigenvalue weighted by molar-refractivity contribution is -0.121. The normalized spacial score (nSPS) is 15.2. The van der Waals surface area contributed by atoms with Crippen molar-refractivity contribution in [3.8, 4) is 12.1 Å². The second-order valence-electron chi connectivity index (χ2n) is 6.10. The lowest BCUT2D eigenvalue weighted by Gasteiger charge is -2.29. The summed E-state index contributed by atoms with van der Waals surface area (Å²) in [6.45, 7) is 0.625. The third-order valence-corrected chi connectivity index (χ3v) is 5.96. The fraction of sp³-hybridized carbons (Fsp3) is 0.176.